The van der Waals surface area contributed by atoms with Crippen LogP contribution < -0.4 is 10.6 Å². The molecular formula is C16H15BrClN5O3S. The number of nitrogens with zero attached hydrogens (tertiary/aromatic N) is 4. The first kappa shape index (κ1) is 21.0. The van der Waals surface area contributed by atoms with E-state index in [0.29, 0.717) is 10.2 Å². The van der Waals surface area contributed by atoms with Crippen molar-refractivity contribution in [1.82, 2.24) is 4.31 Å². The van der Waals surface area contributed by atoms with Crippen LogP contribution in [0.5, 0.6) is 5.75 Å². The summed E-state index contributed by atoms with van der Waals surface area (Å²) in [5.41, 5.74) is 6.19. The summed E-state index contributed by atoms with van der Waals surface area (Å²) in [6.07, 6.45) is 1.89. The molecule has 142 valence electrons. The first-order chi connectivity index (χ1) is 12.6. The summed E-state index contributed by atoms with van der Waals surface area (Å²) < 4.78 is 26.3. The molecule has 0 aliphatic heterocycles. The van der Waals surface area contributed by atoms with Gasteiger partial charge in [-0.1, -0.05) is 23.7 Å². The highest BCUT2D eigenvalue weighted by Gasteiger charge is 2.27. The lowest BCUT2D eigenvalue weighted by Crippen LogP contribution is -2.33. The minimum absolute atomic E-state index is 0.148. The number of phenols is 1. The van der Waals surface area contributed by atoms with Crippen LogP contribution >= 0.6 is 27.5 Å². The number of hydrogen-bond donors (Lipinski definition) is 2. The quantitative estimate of drug-likeness (QED) is 0.305. The van der Waals surface area contributed by atoms with Crippen LogP contribution in [0.4, 0.5) is 11.4 Å². The Kier molecular flexibility index (Phi) is 6.33. The second kappa shape index (κ2) is 8.14. The third-order valence-corrected chi connectivity index (χ3v) is 6.45. The molecule has 2 rings (SSSR count). The summed E-state index contributed by atoms with van der Waals surface area (Å²) >= 11 is 9.27. The SMILES string of the molecule is CN(C)S(=O)(=O)c1c(Cl)ccc(N=C(N)N(C#N)c2ccccc2Br)c1O. The van der Waals surface area contributed by atoms with Gasteiger partial charge in [0.05, 0.1) is 10.7 Å². The third-order valence-electron chi connectivity index (χ3n) is 3.46. The molecule has 0 saturated heterocycles. The largest absolute Gasteiger partial charge is 0.504 e. The molecule has 0 amide bonds. The van der Waals surface area contributed by atoms with Crippen LogP contribution in [-0.2, 0) is 10.0 Å². The van der Waals surface area contributed by atoms with Crippen LogP contribution in [0.25, 0.3) is 0 Å². The average molecular weight is 473 g/mol. The predicted octanol–water partition coefficient (Wildman–Crippen LogP) is 2.99. The van der Waals surface area contributed by atoms with E-state index in [2.05, 4.69) is 20.9 Å². The highest BCUT2D eigenvalue weighted by Crippen LogP contribution is 2.39. The number of halogens is 2. The number of aliphatic imine (C=N–C) groups is 1. The molecule has 0 fully saturated rings. The molecule has 0 aromatic heterocycles. The molecule has 0 spiro atoms. The van der Waals surface area contributed by atoms with E-state index < -0.39 is 20.7 Å². The summed E-state index contributed by atoms with van der Waals surface area (Å²) in [6, 6.07) is 9.40. The number of nitrogens with two attached hydrogens (primary N) is 1. The molecule has 0 bridgehead atoms. The third kappa shape index (κ3) is 4.17. The monoisotopic (exact) mass is 471 g/mol. The van der Waals surface area contributed by atoms with E-state index in [1.54, 1.807) is 24.3 Å². The number of hydrogen-bond acceptors (Lipinski definition) is 5. The van der Waals surface area contributed by atoms with E-state index in [1.807, 2.05) is 6.19 Å². The summed E-state index contributed by atoms with van der Waals surface area (Å²) in [7, 11) is -1.42. The van der Waals surface area contributed by atoms with E-state index in [9.17, 15) is 18.8 Å². The van der Waals surface area contributed by atoms with E-state index >= 15 is 0 Å². The highest BCUT2D eigenvalue weighted by molar-refractivity contribution is 9.10. The van der Waals surface area contributed by atoms with Crippen molar-refractivity contribution in [3.63, 3.8) is 0 Å². The smallest absolute Gasteiger partial charge is 0.247 e. The van der Waals surface area contributed by atoms with Gasteiger partial charge < -0.3 is 10.8 Å². The Balaban J connectivity index is 2.60. The maximum absolute atomic E-state index is 12.4. The Bertz CT molecular complexity index is 1050. The Morgan fingerprint density at radius 1 is 1.30 bits per heavy atom. The molecule has 11 heteroatoms. The molecule has 0 unspecified atom stereocenters. The molecule has 0 heterocycles. The van der Waals surface area contributed by atoms with Crippen LogP contribution in [0.3, 0.4) is 0 Å². The summed E-state index contributed by atoms with van der Waals surface area (Å²) in [4.78, 5) is 4.54. The molecule has 0 saturated carbocycles. The number of benzene rings is 2. The normalized spacial score (nSPS) is 12.1. The van der Waals surface area contributed by atoms with E-state index in [4.69, 9.17) is 17.3 Å². The molecule has 2 aromatic carbocycles. The zero-order valence-electron chi connectivity index (χ0n) is 14.3. The number of rotatable bonds is 4. The van der Waals surface area contributed by atoms with Crippen molar-refractivity contribution in [3.05, 3.63) is 45.9 Å². The molecule has 27 heavy (non-hydrogen) atoms. The Labute approximate surface area is 170 Å². The molecule has 0 aliphatic carbocycles. The van der Waals surface area contributed by atoms with Gasteiger partial charge in [-0.3, -0.25) is 0 Å². The number of guanidine groups is 1. The molecule has 0 aliphatic rings. The number of anilines is 1. The van der Waals surface area contributed by atoms with Crippen molar-refractivity contribution in [2.75, 3.05) is 19.0 Å². The minimum Gasteiger partial charge on any atom is -0.504 e. The number of aromatic hydroxyl groups is 1. The molecular weight excluding hydrogens is 458 g/mol. The maximum Gasteiger partial charge on any atom is 0.247 e. The van der Waals surface area contributed by atoms with Crippen molar-refractivity contribution >= 4 is 54.9 Å². The molecule has 0 atom stereocenters. The fourth-order valence-electron chi connectivity index (χ4n) is 2.09. The second-order valence-corrected chi connectivity index (χ2v) is 8.74. The van der Waals surface area contributed by atoms with Gasteiger partial charge in [-0.2, -0.15) is 5.26 Å². The molecule has 8 nitrogen and oxygen atoms in total. The first-order valence-corrected chi connectivity index (χ1v) is 9.95. The second-order valence-electron chi connectivity index (χ2n) is 5.39. The first-order valence-electron chi connectivity index (χ1n) is 7.33. The minimum atomic E-state index is -4.03. The van der Waals surface area contributed by atoms with Gasteiger partial charge in [0, 0.05) is 18.6 Å². The van der Waals surface area contributed by atoms with Gasteiger partial charge in [0.15, 0.2) is 11.9 Å². The fraction of sp³-hybridized carbons (Fsp3) is 0.125. The van der Waals surface area contributed by atoms with Crippen molar-refractivity contribution in [3.8, 4) is 11.9 Å². The lowest BCUT2D eigenvalue weighted by atomic mass is 10.3. The zero-order valence-corrected chi connectivity index (χ0v) is 17.4. The van der Waals surface area contributed by atoms with Crippen LogP contribution in [0.15, 0.2) is 50.8 Å². The fourth-order valence-corrected chi connectivity index (χ4v) is 4.02. The topological polar surface area (TPSA) is 123 Å². The molecule has 3 N–H and O–H groups in total. The van der Waals surface area contributed by atoms with Crippen LogP contribution in [-0.4, -0.2) is 37.9 Å². The van der Waals surface area contributed by atoms with Crippen molar-refractivity contribution in [2.24, 2.45) is 10.7 Å². The zero-order chi connectivity index (χ0) is 20.4. The predicted molar refractivity (Wildman–Crippen MR) is 108 cm³/mol. The van der Waals surface area contributed by atoms with Gasteiger partial charge in [0.1, 0.15) is 10.6 Å². The summed E-state index contributed by atoms with van der Waals surface area (Å²) in [5, 5.41) is 19.7. The van der Waals surface area contributed by atoms with Gasteiger partial charge in [-0.15, -0.1) is 0 Å². The Morgan fingerprint density at radius 3 is 2.48 bits per heavy atom. The molecule has 2 aromatic rings. The number of sulfonamides is 1. The lowest BCUT2D eigenvalue weighted by Gasteiger charge is -2.17. The van der Waals surface area contributed by atoms with Crippen molar-refractivity contribution < 1.29 is 13.5 Å². The highest BCUT2D eigenvalue weighted by atomic mass is 79.9. The van der Waals surface area contributed by atoms with Crippen molar-refractivity contribution in [2.45, 2.75) is 4.90 Å². The Morgan fingerprint density at radius 2 is 1.93 bits per heavy atom. The van der Waals surface area contributed by atoms with Crippen LogP contribution in [0.1, 0.15) is 0 Å². The van der Waals surface area contributed by atoms with Crippen LogP contribution in [0.2, 0.25) is 5.02 Å². The van der Waals surface area contributed by atoms with E-state index in [0.717, 1.165) is 9.21 Å². The van der Waals surface area contributed by atoms with Gasteiger partial charge in [0.25, 0.3) is 0 Å². The van der Waals surface area contributed by atoms with E-state index in [1.165, 1.54) is 26.2 Å². The number of para-hydroxylation sites is 1. The number of phenolic OH excluding ortho intramolecular Hbond substituents is 1. The standard InChI is InChI=1S/C16H15BrClN5O3S/c1-22(2)27(25,26)15-11(18)7-8-12(14(15)24)21-16(20)23(9-19)13-6-4-3-5-10(13)17/h3-8,24H,1-2H3,(H2,20,21). The lowest BCUT2D eigenvalue weighted by molar-refractivity contribution is 0.454. The van der Waals surface area contributed by atoms with Gasteiger partial charge in [-0.25, -0.2) is 22.6 Å². The maximum atomic E-state index is 12.4. The average Bonchev–Trinajstić information content (AvgIpc) is 2.59. The van der Waals surface area contributed by atoms with E-state index in [-0.39, 0.29) is 16.7 Å². The summed E-state index contributed by atoms with van der Waals surface area (Å²) in [5.74, 6) is -0.931. The molecule has 0 radical (unpaired) electrons. The van der Waals surface area contributed by atoms with Crippen molar-refractivity contribution in [1.29, 1.82) is 5.26 Å². The Hall–Kier alpha value is -2.32. The van der Waals surface area contributed by atoms with Gasteiger partial charge in [0.2, 0.25) is 16.0 Å². The number of nitriles is 1. The summed E-state index contributed by atoms with van der Waals surface area (Å²) in [6.45, 7) is 0. The van der Waals surface area contributed by atoms with Gasteiger partial charge in [-0.05, 0) is 40.2 Å². The van der Waals surface area contributed by atoms with Gasteiger partial charge >= 0.3 is 0 Å². The van der Waals surface area contributed by atoms with Crippen LogP contribution in [0, 0.1) is 11.5 Å².